The fourth-order valence-electron chi connectivity index (χ4n) is 2.52. The summed E-state index contributed by atoms with van der Waals surface area (Å²) >= 11 is 0. The molecule has 0 aromatic heterocycles. The second kappa shape index (κ2) is 8.95. The number of methoxy groups -OCH3 is 1. The predicted molar refractivity (Wildman–Crippen MR) is 78.3 cm³/mol. The van der Waals surface area contributed by atoms with Crippen LogP contribution in [-0.2, 0) is 14.3 Å². The van der Waals surface area contributed by atoms with Crippen molar-refractivity contribution < 1.29 is 14.3 Å². The molecule has 1 unspecified atom stereocenters. The van der Waals surface area contributed by atoms with Crippen LogP contribution in [0.1, 0.15) is 46.0 Å². The number of nitrogens with one attached hydrogen (secondary N) is 1. The summed E-state index contributed by atoms with van der Waals surface area (Å²) < 4.78 is 4.73. The van der Waals surface area contributed by atoms with Crippen LogP contribution < -0.4 is 5.32 Å². The standard InChI is InChI=1S/C15H28N2O3/c1-12(2)7-8-16-14(18)11-17-9-5-4-6-13(17)10-15(19)20-3/h12-13H,4-11H2,1-3H3,(H,16,18). The number of nitrogens with zero attached hydrogens (tertiary/aromatic N) is 1. The summed E-state index contributed by atoms with van der Waals surface area (Å²) in [5.74, 6) is 0.460. The van der Waals surface area contributed by atoms with Crippen molar-refractivity contribution in [3.05, 3.63) is 0 Å². The zero-order valence-corrected chi connectivity index (χ0v) is 13.0. The van der Waals surface area contributed by atoms with Crippen molar-refractivity contribution in [2.75, 3.05) is 26.7 Å². The lowest BCUT2D eigenvalue weighted by molar-refractivity contribution is -0.143. The summed E-state index contributed by atoms with van der Waals surface area (Å²) in [7, 11) is 1.41. The van der Waals surface area contributed by atoms with E-state index in [1.165, 1.54) is 7.11 Å². The van der Waals surface area contributed by atoms with Crippen molar-refractivity contribution in [1.82, 2.24) is 10.2 Å². The molecule has 0 aliphatic carbocycles. The van der Waals surface area contributed by atoms with E-state index in [0.717, 1.165) is 38.8 Å². The van der Waals surface area contributed by atoms with E-state index in [1.54, 1.807) is 0 Å². The van der Waals surface area contributed by atoms with Gasteiger partial charge in [0.1, 0.15) is 0 Å². The van der Waals surface area contributed by atoms with Crippen molar-refractivity contribution in [1.29, 1.82) is 0 Å². The molecule has 20 heavy (non-hydrogen) atoms. The predicted octanol–water partition coefficient (Wildman–Crippen LogP) is 1.57. The summed E-state index contributed by atoms with van der Waals surface area (Å²) in [6, 6.07) is 0.145. The minimum atomic E-state index is -0.192. The normalized spacial score (nSPS) is 19.9. The molecule has 0 aromatic rings. The molecule has 0 aromatic carbocycles. The Kier molecular flexibility index (Phi) is 7.59. The number of esters is 1. The highest BCUT2D eigenvalue weighted by Gasteiger charge is 2.26. The van der Waals surface area contributed by atoms with Gasteiger partial charge in [-0.2, -0.15) is 0 Å². The molecule has 0 bridgehead atoms. The number of hydrogen-bond acceptors (Lipinski definition) is 4. The van der Waals surface area contributed by atoms with Gasteiger partial charge in [0.25, 0.3) is 0 Å². The van der Waals surface area contributed by atoms with Gasteiger partial charge in [0.05, 0.1) is 20.1 Å². The first-order chi connectivity index (χ1) is 9.52. The Morgan fingerprint density at radius 2 is 2.10 bits per heavy atom. The average molecular weight is 284 g/mol. The Bertz CT molecular complexity index is 318. The third-order valence-electron chi connectivity index (χ3n) is 3.77. The van der Waals surface area contributed by atoms with Crippen LogP contribution in [0.25, 0.3) is 0 Å². The Balaban J connectivity index is 2.37. The van der Waals surface area contributed by atoms with Gasteiger partial charge in [-0.15, -0.1) is 0 Å². The molecule has 1 rings (SSSR count). The van der Waals surface area contributed by atoms with Crippen molar-refractivity contribution in [3.63, 3.8) is 0 Å². The van der Waals surface area contributed by atoms with Gasteiger partial charge in [0.15, 0.2) is 0 Å². The van der Waals surface area contributed by atoms with E-state index in [2.05, 4.69) is 24.1 Å². The number of amides is 1. The monoisotopic (exact) mass is 284 g/mol. The Morgan fingerprint density at radius 3 is 2.75 bits per heavy atom. The molecule has 1 fully saturated rings. The first kappa shape index (κ1) is 17.0. The number of hydrogen-bond donors (Lipinski definition) is 1. The minimum absolute atomic E-state index is 0.0578. The number of carbonyl (C=O) groups excluding carboxylic acids is 2. The lowest BCUT2D eigenvalue weighted by atomic mass is 9.99. The van der Waals surface area contributed by atoms with Gasteiger partial charge >= 0.3 is 5.97 Å². The van der Waals surface area contributed by atoms with E-state index in [1.807, 2.05) is 0 Å². The largest absolute Gasteiger partial charge is 0.469 e. The SMILES string of the molecule is COC(=O)CC1CCCCN1CC(=O)NCCC(C)C. The van der Waals surface area contributed by atoms with Crippen LogP contribution in [0.2, 0.25) is 0 Å². The zero-order chi connectivity index (χ0) is 15.0. The second-order valence-electron chi connectivity index (χ2n) is 5.93. The van der Waals surface area contributed by atoms with Crippen LogP contribution in [-0.4, -0.2) is 49.6 Å². The molecule has 1 N–H and O–H groups in total. The zero-order valence-electron chi connectivity index (χ0n) is 13.0. The Morgan fingerprint density at radius 1 is 1.35 bits per heavy atom. The molecule has 116 valence electrons. The molecule has 1 aliphatic rings. The fraction of sp³-hybridized carbons (Fsp3) is 0.867. The highest BCUT2D eigenvalue weighted by molar-refractivity contribution is 5.78. The molecule has 1 heterocycles. The number of carbonyl (C=O) groups is 2. The summed E-state index contributed by atoms with van der Waals surface area (Å²) in [5, 5.41) is 2.95. The van der Waals surface area contributed by atoms with Crippen LogP contribution in [0.4, 0.5) is 0 Å². The van der Waals surface area contributed by atoms with E-state index in [-0.39, 0.29) is 17.9 Å². The molecular formula is C15H28N2O3. The van der Waals surface area contributed by atoms with Crippen LogP contribution in [0.5, 0.6) is 0 Å². The van der Waals surface area contributed by atoms with Crippen molar-refractivity contribution in [2.24, 2.45) is 5.92 Å². The molecule has 0 radical (unpaired) electrons. The Hall–Kier alpha value is -1.10. The highest BCUT2D eigenvalue weighted by atomic mass is 16.5. The summed E-state index contributed by atoms with van der Waals surface area (Å²) in [6.45, 7) is 6.29. The summed E-state index contributed by atoms with van der Waals surface area (Å²) in [4.78, 5) is 25.4. The molecule has 1 saturated heterocycles. The number of piperidine rings is 1. The maximum Gasteiger partial charge on any atom is 0.307 e. The van der Waals surface area contributed by atoms with Gasteiger partial charge in [-0.25, -0.2) is 0 Å². The molecule has 1 aliphatic heterocycles. The third-order valence-corrected chi connectivity index (χ3v) is 3.77. The lowest BCUT2D eigenvalue weighted by Gasteiger charge is -2.34. The van der Waals surface area contributed by atoms with Gasteiger partial charge in [-0.1, -0.05) is 20.3 Å². The van der Waals surface area contributed by atoms with E-state index >= 15 is 0 Å². The van der Waals surface area contributed by atoms with E-state index in [9.17, 15) is 9.59 Å². The second-order valence-corrected chi connectivity index (χ2v) is 5.93. The molecular weight excluding hydrogens is 256 g/mol. The van der Waals surface area contributed by atoms with Crippen LogP contribution in [0.3, 0.4) is 0 Å². The van der Waals surface area contributed by atoms with Gasteiger partial charge in [0, 0.05) is 12.6 Å². The van der Waals surface area contributed by atoms with Crippen LogP contribution in [0.15, 0.2) is 0 Å². The minimum Gasteiger partial charge on any atom is -0.469 e. The van der Waals surface area contributed by atoms with Crippen molar-refractivity contribution >= 4 is 11.9 Å². The van der Waals surface area contributed by atoms with Gasteiger partial charge in [-0.3, -0.25) is 14.5 Å². The number of rotatable bonds is 7. The van der Waals surface area contributed by atoms with E-state index in [0.29, 0.717) is 18.9 Å². The molecule has 1 atom stereocenters. The van der Waals surface area contributed by atoms with Gasteiger partial charge in [-0.05, 0) is 31.7 Å². The van der Waals surface area contributed by atoms with Crippen molar-refractivity contribution in [3.8, 4) is 0 Å². The lowest BCUT2D eigenvalue weighted by Crippen LogP contribution is -2.46. The van der Waals surface area contributed by atoms with Gasteiger partial charge < -0.3 is 10.1 Å². The summed E-state index contributed by atoms with van der Waals surface area (Å²) in [6.07, 6.45) is 4.56. The van der Waals surface area contributed by atoms with E-state index in [4.69, 9.17) is 4.74 Å². The number of ether oxygens (including phenoxy) is 1. The first-order valence-electron chi connectivity index (χ1n) is 7.60. The molecule has 5 nitrogen and oxygen atoms in total. The fourth-order valence-corrected chi connectivity index (χ4v) is 2.52. The smallest absolute Gasteiger partial charge is 0.307 e. The van der Waals surface area contributed by atoms with E-state index < -0.39 is 0 Å². The molecule has 1 amide bonds. The van der Waals surface area contributed by atoms with Crippen LogP contribution >= 0.6 is 0 Å². The quantitative estimate of drug-likeness (QED) is 0.721. The average Bonchev–Trinajstić information content (AvgIpc) is 2.40. The number of likely N-dealkylation sites (tertiary alicyclic amines) is 1. The van der Waals surface area contributed by atoms with Crippen LogP contribution in [0, 0.1) is 5.92 Å². The molecule has 0 saturated carbocycles. The maximum absolute atomic E-state index is 11.9. The third kappa shape index (κ3) is 6.37. The topological polar surface area (TPSA) is 58.6 Å². The first-order valence-corrected chi connectivity index (χ1v) is 7.60. The summed E-state index contributed by atoms with van der Waals surface area (Å²) in [5.41, 5.74) is 0. The molecule has 0 spiro atoms. The maximum atomic E-state index is 11.9. The van der Waals surface area contributed by atoms with Gasteiger partial charge in [0.2, 0.25) is 5.91 Å². The Labute approximate surface area is 122 Å². The molecule has 5 heteroatoms. The highest BCUT2D eigenvalue weighted by Crippen LogP contribution is 2.19. The van der Waals surface area contributed by atoms with Crippen molar-refractivity contribution in [2.45, 2.75) is 52.0 Å².